The van der Waals surface area contributed by atoms with Gasteiger partial charge in [-0.2, -0.15) is 0 Å². The highest BCUT2D eigenvalue weighted by Gasteiger charge is 2.26. The van der Waals surface area contributed by atoms with Crippen molar-refractivity contribution in [3.8, 4) is 0 Å². The van der Waals surface area contributed by atoms with E-state index in [2.05, 4.69) is 27.7 Å². The van der Waals surface area contributed by atoms with Gasteiger partial charge in [0.25, 0.3) is 0 Å². The van der Waals surface area contributed by atoms with Crippen molar-refractivity contribution in [3.05, 3.63) is 0 Å². The fourth-order valence-corrected chi connectivity index (χ4v) is 1.97. The van der Waals surface area contributed by atoms with Crippen molar-refractivity contribution in [1.29, 1.82) is 0 Å². The zero-order valence-electron chi connectivity index (χ0n) is 10.6. The zero-order chi connectivity index (χ0) is 10.6. The third-order valence-electron chi connectivity index (χ3n) is 4.30. The average molecular weight is 196 g/mol. The maximum atomic E-state index is 2.43. The predicted molar refractivity (Wildman–Crippen MR) is 64.4 cm³/mol. The fourth-order valence-electron chi connectivity index (χ4n) is 1.97. The predicted octanol–water partition coefficient (Wildman–Crippen LogP) is 4.89. The molecule has 0 heteroatoms. The molecule has 0 aromatic carbocycles. The third kappa shape index (κ3) is 4.02. The van der Waals surface area contributed by atoms with E-state index in [1.165, 1.54) is 38.5 Å². The molecule has 2 unspecified atom stereocenters. The van der Waals surface area contributed by atoms with Crippen molar-refractivity contribution in [2.24, 2.45) is 23.7 Å². The van der Waals surface area contributed by atoms with Crippen LogP contribution in [-0.2, 0) is 0 Å². The van der Waals surface area contributed by atoms with E-state index in [0.717, 1.165) is 23.7 Å². The molecule has 2 aliphatic rings. The zero-order valence-corrected chi connectivity index (χ0v) is 10.6. The minimum Gasteiger partial charge on any atom is -0.0651 e. The van der Waals surface area contributed by atoms with Crippen LogP contribution in [0.2, 0.25) is 0 Å². The van der Waals surface area contributed by atoms with Crippen LogP contribution in [-0.4, -0.2) is 0 Å². The Morgan fingerprint density at radius 1 is 1.07 bits per heavy atom. The molecule has 0 heterocycles. The second kappa shape index (κ2) is 5.78. The van der Waals surface area contributed by atoms with Gasteiger partial charge in [0.2, 0.25) is 0 Å². The molecule has 0 aliphatic heterocycles. The van der Waals surface area contributed by atoms with E-state index in [1.807, 2.05) is 0 Å². The van der Waals surface area contributed by atoms with Gasteiger partial charge in [-0.15, -0.1) is 0 Å². The van der Waals surface area contributed by atoms with Gasteiger partial charge >= 0.3 is 0 Å². The smallest absolute Gasteiger partial charge is 0.0386 e. The van der Waals surface area contributed by atoms with Crippen molar-refractivity contribution < 1.29 is 0 Å². The third-order valence-corrected chi connectivity index (χ3v) is 4.30. The maximum absolute atomic E-state index is 2.43. The Balaban J connectivity index is 0.000000203. The first-order valence-electron chi connectivity index (χ1n) is 6.65. The molecular weight excluding hydrogens is 168 g/mol. The van der Waals surface area contributed by atoms with Crippen LogP contribution in [0.5, 0.6) is 0 Å². The highest BCUT2D eigenvalue weighted by molar-refractivity contribution is 4.77. The van der Waals surface area contributed by atoms with E-state index in [1.54, 1.807) is 0 Å². The second-order valence-corrected chi connectivity index (χ2v) is 5.62. The van der Waals surface area contributed by atoms with Gasteiger partial charge in [0.1, 0.15) is 0 Å². The van der Waals surface area contributed by atoms with Gasteiger partial charge < -0.3 is 0 Å². The molecule has 0 aromatic rings. The van der Waals surface area contributed by atoms with E-state index < -0.39 is 0 Å². The Hall–Kier alpha value is 0. The average Bonchev–Trinajstić information content (AvgIpc) is 2.84. The number of hydrogen-bond acceptors (Lipinski definition) is 0. The molecule has 0 amide bonds. The van der Waals surface area contributed by atoms with Gasteiger partial charge in [0, 0.05) is 0 Å². The summed E-state index contributed by atoms with van der Waals surface area (Å²) in [6.07, 6.45) is 8.83. The summed E-state index contributed by atoms with van der Waals surface area (Å²) in [5.41, 5.74) is 0. The lowest BCUT2D eigenvalue weighted by Gasteiger charge is -2.34. The van der Waals surface area contributed by atoms with E-state index >= 15 is 0 Å². The summed E-state index contributed by atoms with van der Waals surface area (Å²) < 4.78 is 0. The first-order valence-corrected chi connectivity index (χ1v) is 6.65. The lowest BCUT2D eigenvalue weighted by molar-refractivity contribution is 0.165. The molecule has 2 aliphatic carbocycles. The van der Waals surface area contributed by atoms with E-state index in [4.69, 9.17) is 0 Å². The molecule has 0 saturated heterocycles. The van der Waals surface area contributed by atoms with Gasteiger partial charge in [-0.3, -0.25) is 0 Å². The lowest BCUT2D eigenvalue weighted by Crippen LogP contribution is -2.24. The molecule has 2 fully saturated rings. The standard InChI is InChI=1S/C10H20.C4H8/c1-4-8(2)9(3)10-6-5-7-10;1-4-2-3-4/h8-10H,4-7H2,1-3H3;4H,2-3H2,1H3. The Morgan fingerprint density at radius 2 is 1.57 bits per heavy atom. The summed E-state index contributed by atoms with van der Waals surface area (Å²) in [6, 6.07) is 0. The minimum absolute atomic E-state index is 0.949. The van der Waals surface area contributed by atoms with Crippen molar-refractivity contribution in [3.63, 3.8) is 0 Å². The van der Waals surface area contributed by atoms with Gasteiger partial charge in [-0.1, -0.05) is 66.2 Å². The molecule has 2 saturated carbocycles. The minimum atomic E-state index is 0.949. The molecule has 0 radical (unpaired) electrons. The molecule has 0 aromatic heterocycles. The van der Waals surface area contributed by atoms with Crippen molar-refractivity contribution >= 4 is 0 Å². The van der Waals surface area contributed by atoms with E-state index in [0.29, 0.717) is 0 Å². The molecule has 14 heavy (non-hydrogen) atoms. The van der Waals surface area contributed by atoms with Gasteiger partial charge in [-0.25, -0.2) is 0 Å². The Bertz CT molecular complexity index is 137. The summed E-state index contributed by atoms with van der Waals surface area (Å²) in [4.78, 5) is 0. The van der Waals surface area contributed by atoms with E-state index in [9.17, 15) is 0 Å². The van der Waals surface area contributed by atoms with Crippen molar-refractivity contribution in [2.75, 3.05) is 0 Å². The van der Waals surface area contributed by atoms with Crippen LogP contribution in [0.15, 0.2) is 0 Å². The normalized spacial score (nSPS) is 25.7. The fraction of sp³-hybridized carbons (Fsp3) is 1.00. The largest absolute Gasteiger partial charge is 0.0651 e. The summed E-state index contributed by atoms with van der Waals surface area (Å²) in [5, 5.41) is 0. The summed E-state index contributed by atoms with van der Waals surface area (Å²) in [5.74, 6) is 4.10. The molecule has 84 valence electrons. The lowest BCUT2D eigenvalue weighted by atomic mass is 9.71. The van der Waals surface area contributed by atoms with Crippen LogP contribution in [0.25, 0.3) is 0 Å². The van der Waals surface area contributed by atoms with Crippen LogP contribution < -0.4 is 0 Å². The Labute approximate surface area is 90.5 Å². The summed E-state index contributed by atoms with van der Waals surface area (Å²) >= 11 is 0. The monoisotopic (exact) mass is 196 g/mol. The van der Waals surface area contributed by atoms with Gasteiger partial charge in [0.05, 0.1) is 0 Å². The molecule has 0 N–H and O–H groups in total. The molecule has 0 spiro atoms. The first-order chi connectivity index (χ1) is 6.65. The second-order valence-electron chi connectivity index (χ2n) is 5.62. The van der Waals surface area contributed by atoms with Crippen LogP contribution >= 0.6 is 0 Å². The van der Waals surface area contributed by atoms with Crippen LogP contribution in [0.1, 0.15) is 66.2 Å². The highest BCUT2D eigenvalue weighted by atomic mass is 14.3. The Kier molecular flexibility index (Phi) is 4.98. The topological polar surface area (TPSA) is 0 Å². The molecule has 2 rings (SSSR count). The van der Waals surface area contributed by atoms with Crippen LogP contribution in [0.4, 0.5) is 0 Å². The van der Waals surface area contributed by atoms with Gasteiger partial charge in [-0.05, 0) is 23.7 Å². The SMILES string of the molecule is CC1CC1.CCC(C)C(C)C1CCC1. The molecule has 0 nitrogen and oxygen atoms in total. The Morgan fingerprint density at radius 3 is 1.79 bits per heavy atom. The van der Waals surface area contributed by atoms with E-state index in [-0.39, 0.29) is 0 Å². The summed E-state index contributed by atoms with van der Waals surface area (Å²) in [7, 11) is 0. The highest BCUT2D eigenvalue weighted by Crippen LogP contribution is 2.37. The van der Waals surface area contributed by atoms with Crippen LogP contribution in [0, 0.1) is 23.7 Å². The molecule has 0 bridgehead atoms. The van der Waals surface area contributed by atoms with Crippen LogP contribution in [0.3, 0.4) is 0 Å². The van der Waals surface area contributed by atoms with Crippen molar-refractivity contribution in [1.82, 2.24) is 0 Å². The number of rotatable bonds is 3. The molecule has 2 atom stereocenters. The number of hydrogen-bond donors (Lipinski definition) is 0. The van der Waals surface area contributed by atoms with Gasteiger partial charge in [0.15, 0.2) is 0 Å². The quantitative estimate of drug-likeness (QED) is 0.603. The maximum Gasteiger partial charge on any atom is -0.0386 e. The van der Waals surface area contributed by atoms with Crippen molar-refractivity contribution in [2.45, 2.75) is 66.2 Å². The summed E-state index contributed by atoms with van der Waals surface area (Å²) in [6.45, 7) is 9.40. The molecular formula is C14H28. The first kappa shape index (κ1) is 12.1.